The molecule has 2 heteroatoms. The van der Waals surface area contributed by atoms with Crippen molar-refractivity contribution >= 4 is 16.7 Å². The molecule has 0 aromatic heterocycles. The zero-order valence-electron chi connectivity index (χ0n) is 15.7. The average Bonchev–Trinajstić information content (AvgIpc) is 2.48. The van der Waals surface area contributed by atoms with Gasteiger partial charge in [0, 0.05) is 6.92 Å². The van der Waals surface area contributed by atoms with E-state index in [9.17, 15) is 4.79 Å². The molecule has 2 nitrogen and oxygen atoms in total. The zero-order chi connectivity index (χ0) is 17.9. The SMILES string of the molecule is CC(=O)Oc1cc2c(CCC=C(C)C)c(C)ccc2cc1C(C)C. The van der Waals surface area contributed by atoms with E-state index in [1.807, 2.05) is 0 Å². The first-order chi connectivity index (χ1) is 11.3. The molecule has 2 aromatic rings. The molecule has 0 amide bonds. The molecule has 0 heterocycles. The molecule has 0 bridgehead atoms. The van der Waals surface area contributed by atoms with E-state index in [2.05, 4.69) is 65.0 Å². The fourth-order valence-electron chi connectivity index (χ4n) is 3.07. The Balaban J connectivity index is 2.58. The number of carbonyl (C=O) groups excluding carboxylic acids is 1. The van der Waals surface area contributed by atoms with Crippen molar-refractivity contribution < 1.29 is 9.53 Å². The van der Waals surface area contributed by atoms with Crippen LogP contribution in [-0.4, -0.2) is 5.97 Å². The first-order valence-electron chi connectivity index (χ1n) is 8.67. The number of carbonyl (C=O) groups is 1. The van der Waals surface area contributed by atoms with Crippen LogP contribution in [-0.2, 0) is 11.2 Å². The number of rotatable bonds is 5. The van der Waals surface area contributed by atoms with Gasteiger partial charge in [-0.1, -0.05) is 37.6 Å². The summed E-state index contributed by atoms with van der Waals surface area (Å²) >= 11 is 0. The zero-order valence-corrected chi connectivity index (χ0v) is 15.7. The predicted molar refractivity (Wildman–Crippen MR) is 102 cm³/mol. The molecule has 0 saturated carbocycles. The van der Waals surface area contributed by atoms with Gasteiger partial charge in [-0.05, 0) is 79.1 Å². The van der Waals surface area contributed by atoms with Gasteiger partial charge >= 0.3 is 5.97 Å². The molecule has 0 fully saturated rings. The van der Waals surface area contributed by atoms with Gasteiger partial charge in [-0.25, -0.2) is 0 Å². The molecule has 0 aliphatic carbocycles. The third kappa shape index (κ3) is 4.25. The summed E-state index contributed by atoms with van der Waals surface area (Å²) in [7, 11) is 0. The minimum Gasteiger partial charge on any atom is -0.426 e. The Morgan fingerprint density at radius 2 is 1.88 bits per heavy atom. The Morgan fingerprint density at radius 1 is 1.17 bits per heavy atom. The standard InChI is InChI=1S/C22H28O2/c1-14(2)8-7-9-19-16(5)10-11-18-12-20(15(3)4)22(13-21(18)19)24-17(6)23/h8,10-13,15H,7,9H2,1-6H3. The summed E-state index contributed by atoms with van der Waals surface area (Å²) in [4.78, 5) is 11.5. The van der Waals surface area contributed by atoms with Crippen molar-refractivity contribution in [1.82, 2.24) is 0 Å². The van der Waals surface area contributed by atoms with Gasteiger partial charge in [-0.2, -0.15) is 0 Å². The average molecular weight is 324 g/mol. The quantitative estimate of drug-likeness (QED) is 0.377. The van der Waals surface area contributed by atoms with Gasteiger partial charge in [0.2, 0.25) is 0 Å². The molecular formula is C22H28O2. The maximum absolute atomic E-state index is 11.5. The summed E-state index contributed by atoms with van der Waals surface area (Å²) < 4.78 is 5.50. The van der Waals surface area contributed by atoms with Gasteiger partial charge in [0.15, 0.2) is 0 Å². The van der Waals surface area contributed by atoms with Gasteiger partial charge in [0.05, 0.1) is 0 Å². The van der Waals surface area contributed by atoms with E-state index < -0.39 is 0 Å². The van der Waals surface area contributed by atoms with E-state index in [0.29, 0.717) is 11.7 Å². The maximum Gasteiger partial charge on any atom is 0.308 e. The summed E-state index contributed by atoms with van der Waals surface area (Å²) in [6.07, 6.45) is 4.29. The second-order valence-corrected chi connectivity index (χ2v) is 7.04. The lowest BCUT2D eigenvalue weighted by molar-refractivity contribution is -0.131. The van der Waals surface area contributed by atoms with Crippen LogP contribution in [0, 0.1) is 6.92 Å². The highest BCUT2D eigenvalue weighted by molar-refractivity contribution is 5.90. The molecule has 128 valence electrons. The largest absolute Gasteiger partial charge is 0.426 e. The van der Waals surface area contributed by atoms with Crippen molar-refractivity contribution in [3.8, 4) is 5.75 Å². The summed E-state index contributed by atoms with van der Waals surface area (Å²) in [5.74, 6) is 0.730. The molecule has 0 saturated heterocycles. The number of hydrogen-bond donors (Lipinski definition) is 0. The Labute approximate surface area is 145 Å². The monoisotopic (exact) mass is 324 g/mol. The second kappa shape index (κ2) is 7.65. The third-order valence-corrected chi connectivity index (χ3v) is 4.32. The van der Waals surface area contributed by atoms with Crippen LogP contribution in [0.5, 0.6) is 5.75 Å². The molecule has 24 heavy (non-hydrogen) atoms. The van der Waals surface area contributed by atoms with Crippen LogP contribution in [0.25, 0.3) is 10.8 Å². The van der Waals surface area contributed by atoms with Crippen molar-refractivity contribution in [3.63, 3.8) is 0 Å². The fraction of sp³-hybridized carbons (Fsp3) is 0.409. The molecule has 0 aliphatic rings. The molecule has 0 N–H and O–H groups in total. The topological polar surface area (TPSA) is 26.3 Å². The fourth-order valence-corrected chi connectivity index (χ4v) is 3.07. The lowest BCUT2D eigenvalue weighted by Crippen LogP contribution is -2.05. The van der Waals surface area contributed by atoms with Gasteiger partial charge in [-0.3, -0.25) is 4.79 Å². The molecule has 0 radical (unpaired) electrons. The van der Waals surface area contributed by atoms with E-state index >= 15 is 0 Å². The Kier molecular flexibility index (Phi) is 5.82. The highest BCUT2D eigenvalue weighted by atomic mass is 16.5. The van der Waals surface area contributed by atoms with Crippen LogP contribution >= 0.6 is 0 Å². The van der Waals surface area contributed by atoms with E-state index in [4.69, 9.17) is 4.74 Å². The van der Waals surface area contributed by atoms with E-state index in [1.165, 1.54) is 34.4 Å². The molecule has 0 atom stereocenters. The van der Waals surface area contributed by atoms with Crippen LogP contribution in [0.4, 0.5) is 0 Å². The molecule has 0 aliphatic heterocycles. The predicted octanol–water partition coefficient (Wildman–Crippen LogP) is 6.10. The minimum atomic E-state index is -0.269. The lowest BCUT2D eigenvalue weighted by atomic mass is 9.92. The molecule has 0 unspecified atom stereocenters. The first kappa shape index (κ1) is 18.3. The van der Waals surface area contributed by atoms with Crippen molar-refractivity contribution in [2.75, 3.05) is 0 Å². The smallest absolute Gasteiger partial charge is 0.308 e. The van der Waals surface area contributed by atoms with Gasteiger partial charge in [-0.15, -0.1) is 0 Å². The van der Waals surface area contributed by atoms with E-state index in [1.54, 1.807) is 0 Å². The molecule has 2 rings (SSSR count). The van der Waals surface area contributed by atoms with E-state index in [0.717, 1.165) is 18.4 Å². The summed E-state index contributed by atoms with van der Waals surface area (Å²) in [6.45, 7) is 12.1. The summed E-state index contributed by atoms with van der Waals surface area (Å²) in [6, 6.07) is 8.58. The van der Waals surface area contributed by atoms with Crippen molar-refractivity contribution in [2.24, 2.45) is 0 Å². The number of hydrogen-bond acceptors (Lipinski definition) is 2. The van der Waals surface area contributed by atoms with E-state index in [-0.39, 0.29) is 5.97 Å². The molecular weight excluding hydrogens is 296 g/mol. The van der Waals surface area contributed by atoms with Gasteiger partial charge < -0.3 is 4.74 Å². The van der Waals surface area contributed by atoms with Gasteiger partial charge in [0.1, 0.15) is 5.75 Å². The van der Waals surface area contributed by atoms with Crippen molar-refractivity contribution in [1.29, 1.82) is 0 Å². The number of esters is 1. The third-order valence-electron chi connectivity index (χ3n) is 4.32. The van der Waals surface area contributed by atoms with Crippen LogP contribution in [0.3, 0.4) is 0 Å². The first-order valence-corrected chi connectivity index (χ1v) is 8.67. The number of benzene rings is 2. The van der Waals surface area contributed by atoms with Crippen LogP contribution < -0.4 is 4.74 Å². The Bertz CT molecular complexity index is 778. The molecule has 0 spiro atoms. The Morgan fingerprint density at radius 3 is 2.46 bits per heavy atom. The number of aryl methyl sites for hydroxylation is 2. The summed E-state index contributed by atoms with van der Waals surface area (Å²) in [5, 5.41) is 2.41. The second-order valence-electron chi connectivity index (χ2n) is 7.04. The van der Waals surface area contributed by atoms with Crippen LogP contribution in [0.2, 0.25) is 0 Å². The highest BCUT2D eigenvalue weighted by Gasteiger charge is 2.14. The van der Waals surface area contributed by atoms with Crippen molar-refractivity contribution in [2.45, 2.75) is 60.3 Å². The number of fused-ring (bicyclic) bond motifs is 1. The number of allylic oxidation sites excluding steroid dienone is 2. The highest BCUT2D eigenvalue weighted by Crippen LogP contribution is 2.34. The van der Waals surface area contributed by atoms with Crippen molar-refractivity contribution in [3.05, 3.63) is 52.6 Å². The van der Waals surface area contributed by atoms with Gasteiger partial charge in [0.25, 0.3) is 0 Å². The maximum atomic E-state index is 11.5. The summed E-state index contributed by atoms with van der Waals surface area (Å²) in [5.41, 5.74) is 5.05. The normalized spacial score (nSPS) is 11.0. The minimum absolute atomic E-state index is 0.269. The van der Waals surface area contributed by atoms with Crippen LogP contribution in [0.1, 0.15) is 63.6 Å². The van der Waals surface area contributed by atoms with Crippen LogP contribution in [0.15, 0.2) is 35.9 Å². The lowest BCUT2D eigenvalue weighted by Gasteiger charge is -2.16. The molecule has 2 aromatic carbocycles. The number of ether oxygens (including phenoxy) is 1. The Hall–Kier alpha value is -2.09.